The van der Waals surface area contributed by atoms with Crippen LogP contribution in [0.15, 0.2) is 48.5 Å². The van der Waals surface area contributed by atoms with E-state index in [0.717, 1.165) is 12.1 Å². The Hall–Kier alpha value is -2.36. The standard InChI is InChI=1S/C19H23FN2O/c1-4-13(2)15-9-11-16(12-10-15)21-14(3)19(23)22-18-8-6-5-7-17(18)20/h5-14,21H,4H2,1-3H3,(H,22,23)/t13-,14-/m1/s1. The van der Waals surface area contributed by atoms with E-state index in [-0.39, 0.29) is 11.6 Å². The van der Waals surface area contributed by atoms with Crippen molar-refractivity contribution < 1.29 is 9.18 Å². The van der Waals surface area contributed by atoms with Gasteiger partial charge in [-0.3, -0.25) is 4.79 Å². The van der Waals surface area contributed by atoms with Gasteiger partial charge in [0.05, 0.1) is 5.69 Å². The molecule has 2 atom stereocenters. The summed E-state index contributed by atoms with van der Waals surface area (Å²) >= 11 is 0. The van der Waals surface area contributed by atoms with Gasteiger partial charge < -0.3 is 10.6 Å². The van der Waals surface area contributed by atoms with Crippen molar-refractivity contribution >= 4 is 17.3 Å². The average molecular weight is 314 g/mol. The molecule has 0 unspecified atom stereocenters. The number of rotatable bonds is 6. The molecule has 23 heavy (non-hydrogen) atoms. The van der Waals surface area contributed by atoms with E-state index in [1.807, 2.05) is 12.1 Å². The Bertz CT molecular complexity index is 655. The van der Waals surface area contributed by atoms with Crippen LogP contribution in [0.25, 0.3) is 0 Å². The molecule has 0 fully saturated rings. The molecule has 3 nitrogen and oxygen atoms in total. The van der Waals surface area contributed by atoms with E-state index in [1.54, 1.807) is 25.1 Å². The summed E-state index contributed by atoms with van der Waals surface area (Å²) in [4.78, 5) is 12.2. The SMILES string of the molecule is CC[C@@H](C)c1ccc(N[C@H](C)C(=O)Nc2ccccc2F)cc1. The highest BCUT2D eigenvalue weighted by Gasteiger charge is 2.14. The molecule has 2 aromatic rings. The second-order valence-corrected chi connectivity index (χ2v) is 5.77. The van der Waals surface area contributed by atoms with Gasteiger partial charge in [0.2, 0.25) is 5.91 Å². The fourth-order valence-electron chi connectivity index (χ4n) is 2.26. The van der Waals surface area contributed by atoms with Crippen molar-refractivity contribution in [1.82, 2.24) is 0 Å². The zero-order valence-corrected chi connectivity index (χ0v) is 13.8. The molecule has 1 amide bonds. The number of hydrogen-bond acceptors (Lipinski definition) is 2. The van der Waals surface area contributed by atoms with Crippen LogP contribution in [0.3, 0.4) is 0 Å². The number of amides is 1. The molecule has 0 aromatic heterocycles. The number of benzene rings is 2. The maximum absolute atomic E-state index is 13.6. The van der Waals surface area contributed by atoms with Crippen LogP contribution in [0.2, 0.25) is 0 Å². The Morgan fingerprint density at radius 1 is 1.09 bits per heavy atom. The molecule has 2 aromatic carbocycles. The fourth-order valence-corrected chi connectivity index (χ4v) is 2.26. The first-order chi connectivity index (χ1) is 11.0. The van der Waals surface area contributed by atoms with Gasteiger partial charge in [-0.15, -0.1) is 0 Å². The van der Waals surface area contributed by atoms with E-state index in [4.69, 9.17) is 0 Å². The minimum atomic E-state index is -0.468. The van der Waals surface area contributed by atoms with Crippen LogP contribution < -0.4 is 10.6 Å². The molecule has 0 saturated carbocycles. The molecule has 0 radical (unpaired) electrons. The Balaban J connectivity index is 1.97. The van der Waals surface area contributed by atoms with E-state index in [1.165, 1.54) is 11.6 Å². The van der Waals surface area contributed by atoms with Gasteiger partial charge in [0, 0.05) is 5.69 Å². The number of para-hydroxylation sites is 1. The van der Waals surface area contributed by atoms with Gasteiger partial charge in [0.25, 0.3) is 0 Å². The lowest BCUT2D eigenvalue weighted by atomic mass is 9.98. The molecule has 2 N–H and O–H groups in total. The molecule has 0 heterocycles. The third-order valence-electron chi connectivity index (χ3n) is 4.00. The summed E-state index contributed by atoms with van der Waals surface area (Å²) in [6.45, 7) is 6.09. The minimum absolute atomic E-state index is 0.193. The third-order valence-corrected chi connectivity index (χ3v) is 4.00. The molecule has 0 spiro atoms. The second kappa shape index (κ2) is 7.77. The number of nitrogens with one attached hydrogen (secondary N) is 2. The highest BCUT2D eigenvalue weighted by Crippen LogP contribution is 2.21. The monoisotopic (exact) mass is 314 g/mol. The predicted octanol–water partition coefficient (Wildman–Crippen LogP) is 4.78. The first-order valence-electron chi connectivity index (χ1n) is 7.93. The summed E-state index contributed by atoms with van der Waals surface area (Å²) in [5.41, 5.74) is 2.34. The normalized spacial score (nSPS) is 13.2. The first kappa shape index (κ1) is 17.0. The van der Waals surface area contributed by atoms with Crippen molar-refractivity contribution in [3.8, 4) is 0 Å². The smallest absolute Gasteiger partial charge is 0.246 e. The van der Waals surface area contributed by atoms with Crippen molar-refractivity contribution in [2.24, 2.45) is 0 Å². The van der Waals surface area contributed by atoms with Crippen LogP contribution in [-0.2, 0) is 4.79 Å². The third kappa shape index (κ3) is 4.55. The van der Waals surface area contributed by atoms with Crippen LogP contribution in [0.4, 0.5) is 15.8 Å². The summed E-state index contributed by atoms with van der Waals surface area (Å²) < 4.78 is 13.6. The molecule has 0 saturated heterocycles. The van der Waals surface area contributed by atoms with Gasteiger partial charge >= 0.3 is 0 Å². The molecule has 0 aliphatic carbocycles. The van der Waals surface area contributed by atoms with Gasteiger partial charge in [-0.1, -0.05) is 38.1 Å². The number of carbonyl (C=O) groups excluding carboxylic acids is 1. The zero-order valence-electron chi connectivity index (χ0n) is 13.8. The van der Waals surface area contributed by atoms with Gasteiger partial charge in [0.1, 0.15) is 11.9 Å². The van der Waals surface area contributed by atoms with Crippen molar-refractivity contribution in [3.63, 3.8) is 0 Å². The molecular formula is C19H23FN2O. The van der Waals surface area contributed by atoms with Crippen molar-refractivity contribution in [2.45, 2.75) is 39.2 Å². The van der Waals surface area contributed by atoms with Gasteiger partial charge in [0.15, 0.2) is 0 Å². The van der Waals surface area contributed by atoms with Crippen LogP contribution >= 0.6 is 0 Å². The van der Waals surface area contributed by atoms with E-state index < -0.39 is 11.9 Å². The Morgan fingerprint density at radius 2 is 1.74 bits per heavy atom. The maximum atomic E-state index is 13.6. The van der Waals surface area contributed by atoms with Gasteiger partial charge in [-0.25, -0.2) is 4.39 Å². The van der Waals surface area contributed by atoms with Crippen LogP contribution in [0.1, 0.15) is 38.7 Å². The lowest BCUT2D eigenvalue weighted by Crippen LogP contribution is -2.32. The molecular weight excluding hydrogens is 291 g/mol. The molecule has 2 rings (SSSR count). The van der Waals surface area contributed by atoms with E-state index in [0.29, 0.717) is 5.92 Å². The highest BCUT2D eigenvalue weighted by atomic mass is 19.1. The van der Waals surface area contributed by atoms with Gasteiger partial charge in [-0.05, 0) is 49.1 Å². The zero-order chi connectivity index (χ0) is 16.8. The van der Waals surface area contributed by atoms with Gasteiger partial charge in [-0.2, -0.15) is 0 Å². The van der Waals surface area contributed by atoms with E-state index in [2.05, 4.69) is 36.6 Å². The molecule has 4 heteroatoms. The molecule has 0 bridgehead atoms. The van der Waals surface area contributed by atoms with E-state index >= 15 is 0 Å². The summed E-state index contributed by atoms with van der Waals surface area (Å²) in [6, 6.07) is 13.7. The maximum Gasteiger partial charge on any atom is 0.246 e. The van der Waals surface area contributed by atoms with Crippen molar-refractivity contribution in [2.75, 3.05) is 10.6 Å². The van der Waals surface area contributed by atoms with E-state index in [9.17, 15) is 9.18 Å². The largest absolute Gasteiger partial charge is 0.374 e. The second-order valence-electron chi connectivity index (χ2n) is 5.77. The number of halogens is 1. The lowest BCUT2D eigenvalue weighted by molar-refractivity contribution is -0.116. The minimum Gasteiger partial charge on any atom is -0.374 e. The summed E-state index contributed by atoms with van der Waals surface area (Å²) in [5.74, 6) is -0.196. The van der Waals surface area contributed by atoms with Crippen LogP contribution in [0, 0.1) is 5.82 Å². The van der Waals surface area contributed by atoms with Crippen LogP contribution in [-0.4, -0.2) is 11.9 Å². The predicted molar refractivity (Wildman–Crippen MR) is 93.3 cm³/mol. The van der Waals surface area contributed by atoms with Crippen molar-refractivity contribution in [1.29, 1.82) is 0 Å². The summed E-state index contributed by atoms with van der Waals surface area (Å²) in [5, 5.41) is 5.72. The topological polar surface area (TPSA) is 41.1 Å². The quantitative estimate of drug-likeness (QED) is 0.805. The average Bonchev–Trinajstić information content (AvgIpc) is 2.56. The Labute approximate surface area is 136 Å². The summed E-state index contributed by atoms with van der Waals surface area (Å²) in [7, 11) is 0. The highest BCUT2D eigenvalue weighted by molar-refractivity contribution is 5.96. The first-order valence-corrected chi connectivity index (χ1v) is 7.93. The molecule has 0 aliphatic heterocycles. The number of anilines is 2. The molecule has 122 valence electrons. The van der Waals surface area contributed by atoms with Crippen LogP contribution in [0.5, 0.6) is 0 Å². The summed E-state index contributed by atoms with van der Waals surface area (Å²) in [6.07, 6.45) is 1.09. The lowest BCUT2D eigenvalue weighted by Gasteiger charge is -2.16. The number of carbonyl (C=O) groups is 1. The molecule has 0 aliphatic rings. The van der Waals surface area contributed by atoms with Crippen molar-refractivity contribution in [3.05, 3.63) is 59.9 Å². The Morgan fingerprint density at radius 3 is 2.35 bits per heavy atom. The Kier molecular flexibility index (Phi) is 5.74. The number of hydrogen-bond donors (Lipinski definition) is 2. The fraction of sp³-hybridized carbons (Fsp3) is 0.316.